The molecule has 5 heteroatoms. The number of hydrogen-bond acceptors (Lipinski definition) is 3. The molecule has 0 amide bonds. The lowest BCUT2D eigenvalue weighted by Gasteiger charge is -2.24. The van der Waals surface area contributed by atoms with E-state index >= 15 is 0 Å². The van der Waals surface area contributed by atoms with E-state index in [-0.39, 0.29) is 6.04 Å². The van der Waals surface area contributed by atoms with Gasteiger partial charge in [-0.25, -0.2) is 0 Å². The van der Waals surface area contributed by atoms with E-state index in [1.807, 2.05) is 0 Å². The van der Waals surface area contributed by atoms with Gasteiger partial charge in [-0.3, -0.25) is 4.98 Å². The molecule has 0 bridgehead atoms. The summed E-state index contributed by atoms with van der Waals surface area (Å²) in [7, 11) is 0. The second-order valence-electron chi connectivity index (χ2n) is 4.58. The number of ether oxygens (including phenoxy) is 1. The van der Waals surface area contributed by atoms with Gasteiger partial charge in [0.05, 0.1) is 28.4 Å². The zero-order valence-corrected chi connectivity index (χ0v) is 12.0. The number of rotatable bonds is 5. The van der Waals surface area contributed by atoms with E-state index in [0.717, 1.165) is 38.3 Å². The van der Waals surface area contributed by atoms with Crippen LogP contribution in [0.5, 0.6) is 0 Å². The lowest BCUT2D eigenvalue weighted by molar-refractivity contribution is 0.176. The van der Waals surface area contributed by atoms with Gasteiger partial charge in [-0.2, -0.15) is 0 Å². The highest BCUT2D eigenvalue weighted by Gasteiger charge is 2.29. The molecule has 0 aliphatic carbocycles. The summed E-state index contributed by atoms with van der Waals surface area (Å²) in [4.78, 5) is 4.39. The first-order valence-corrected chi connectivity index (χ1v) is 7.10. The summed E-state index contributed by atoms with van der Waals surface area (Å²) in [5, 5.41) is 4.72. The first-order chi connectivity index (χ1) is 8.72. The largest absolute Gasteiger partial charge is 0.381 e. The van der Waals surface area contributed by atoms with Crippen LogP contribution in [0.1, 0.15) is 31.5 Å². The number of halogens is 2. The van der Waals surface area contributed by atoms with Crippen LogP contribution >= 0.6 is 23.2 Å². The number of nitrogens with one attached hydrogen (secondary N) is 1. The van der Waals surface area contributed by atoms with Crippen LogP contribution < -0.4 is 5.32 Å². The van der Waals surface area contributed by atoms with Crippen molar-refractivity contribution in [2.24, 2.45) is 5.92 Å². The van der Waals surface area contributed by atoms with Crippen LogP contribution in [0.25, 0.3) is 0 Å². The molecule has 0 radical (unpaired) electrons. The minimum absolute atomic E-state index is 0.150. The molecule has 2 rings (SSSR count). The van der Waals surface area contributed by atoms with Gasteiger partial charge in [0.1, 0.15) is 0 Å². The first-order valence-electron chi connectivity index (χ1n) is 6.34. The normalized spacial score (nSPS) is 21.2. The molecule has 1 fully saturated rings. The lowest BCUT2D eigenvalue weighted by atomic mass is 9.95. The molecule has 0 aromatic carbocycles. The number of nitrogens with zero attached hydrogens (tertiary/aromatic N) is 1. The van der Waals surface area contributed by atoms with Crippen molar-refractivity contribution in [3.63, 3.8) is 0 Å². The number of pyridine rings is 1. The van der Waals surface area contributed by atoms with E-state index < -0.39 is 0 Å². The molecule has 100 valence electrons. The molecule has 0 saturated carbocycles. The van der Waals surface area contributed by atoms with E-state index in [0.29, 0.717) is 16.0 Å². The molecule has 3 nitrogen and oxygen atoms in total. The molecular formula is C13H18Cl2N2O. The highest BCUT2D eigenvalue weighted by molar-refractivity contribution is 6.34. The molecule has 1 aliphatic rings. The Labute approximate surface area is 118 Å². The second-order valence-corrected chi connectivity index (χ2v) is 5.42. The van der Waals surface area contributed by atoms with Crippen molar-refractivity contribution in [3.05, 3.63) is 28.0 Å². The van der Waals surface area contributed by atoms with Gasteiger partial charge >= 0.3 is 0 Å². The third kappa shape index (κ3) is 3.35. The van der Waals surface area contributed by atoms with Crippen molar-refractivity contribution >= 4 is 23.2 Å². The predicted molar refractivity (Wildman–Crippen MR) is 74.2 cm³/mol. The summed E-state index contributed by atoms with van der Waals surface area (Å²) in [6.45, 7) is 4.68. The van der Waals surface area contributed by atoms with Crippen molar-refractivity contribution in [2.75, 3.05) is 19.8 Å². The quantitative estimate of drug-likeness (QED) is 0.901. The highest BCUT2D eigenvalue weighted by atomic mass is 35.5. The number of hydrogen-bond donors (Lipinski definition) is 1. The van der Waals surface area contributed by atoms with E-state index in [2.05, 4.69) is 17.2 Å². The average molecular weight is 289 g/mol. The highest BCUT2D eigenvalue weighted by Crippen LogP contribution is 2.32. The van der Waals surface area contributed by atoms with Crippen LogP contribution in [0.3, 0.4) is 0 Å². The van der Waals surface area contributed by atoms with Gasteiger partial charge < -0.3 is 10.1 Å². The molecule has 1 aromatic heterocycles. The van der Waals surface area contributed by atoms with Crippen LogP contribution in [0.15, 0.2) is 12.3 Å². The molecule has 18 heavy (non-hydrogen) atoms. The third-order valence-corrected chi connectivity index (χ3v) is 3.69. The van der Waals surface area contributed by atoms with Gasteiger partial charge in [-0.15, -0.1) is 0 Å². The van der Waals surface area contributed by atoms with E-state index in [1.54, 1.807) is 12.3 Å². The molecule has 1 N–H and O–H groups in total. The van der Waals surface area contributed by atoms with Gasteiger partial charge in [-0.1, -0.05) is 30.1 Å². The summed E-state index contributed by atoms with van der Waals surface area (Å²) in [6.07, 6.45) is 3.77. The lowest BCUT2D eigenvalue weighted by Crippen LogP contribution is -2.30. The SMILES string of the molecule is CCCNC(c1ncc(Cl)cc1Cl)C1CCOC1. The Bertz CT molecular complexity index is 395. The average Bonchev–Trinajstić information content (AvgIpc) is 2.85. The summed E-state index contributed by atoms with van der Waals surface area (Å²) in [6, 6.07) is 1.90. The van der Waals surface area contributed by atoms with Crippen molar-refractivity contribution in [1.82, 2.24) is 10.3 Å². The fraction of sp³-hybridized carbons (Fsp3) is 0.615. The fourth-order valence-electron chi connectivity index (χ4n) is 2.26. The topological polar surface area (TPSA) is 34.2 Å². The van der Waals surface area contributed by atoms with Crippen molar-refractivity contribution in [2.45, 2.75) is 25.8 Å². The molecule has 2 atom stereocenters. The Balaban J connectivity index is 2.20. The minimum atomic E-state index is 0.150. The maximum absolute atomic E-state index is 6.25. The van der Waals surface area contributed by atoms with Gasteiger partial charge in [0, 0.05) is 18.7 Å². The van der Waals surface area contributed by atoms with Gasteiger partial charge in [0.2, 0.25) is 0 Å². The smallest absolute Gasteiger partial charge is 0.0763 e. The summed E-state index contributed by atoms with van der Waals surface area (Å²) in [5.41, 5.74) is 0.880. The van der Waals surface area contributed by atoms with E-state index in [1.165, 1.54) is 0 Å². The monoisotopic (exact) mass is 288 g/mol. The number of aromatic nitrogens is 1. The molecule has 1 aliphatic heterocycles. The fourth-order valence-corrected chi connectivity index (χ4v) is 2.75. The molecule has 0 spiro atoms. The standard InChI is InChI=1S/C13H18Cl2N2O/c1-2-4-16-12(9-3-5-18-8-9)13-11(15)6-10(14)7-17-13/h6-7,9,12,16H,2-5,8H2,1H3. The molecule has 2 unspecified atom stereocenters. The molecular weight excluding hydrogens is 271 g/mol. The zero-order chi connectivity index (χ0) is 13.0. The molecule has 1 aromatic rings. The van der Waals surface area contributed by atoms with Crippen molar-refractivity contribution < 1.29 is 4.74 Å². The van der Waals surface area contributed by atoms with Crippen LogP contribution in [0, 0.1) is 5.92 Å². The van der Waals surface area contributed by atoms with E-state index in [9.17, 15) is 0 Å². The summed E-state index contributed by atoms with van der Waals surface area (Å²) < 4.78 is 5.47. The van der Waals surface area contributed by atoms with Crippen LogP contribution in [-0.2, 0) is 4.74 Å². The van der Waals surface area contributed by atoms with Gasteiger partial charge in [0.15, 0.2) is 0 Å². The predicted octanol–water partition coefficient (Wildman–Crippen LogP) is 3.47. The Morgan fingerprint density at radius 2 is 2.39 bits per heavy atom. The third-order valence-electron chi connectivity index (χ3n) is 3.18. The first kappa shape index (κ1) is 14.1. The van der Waals surface area contributed by atoms with E-state index in [4.69, 9.17) is 27.9 Å². The zero-order valence-electron chi connectivity index (χ0n) is 10.5. The Morgan fingerprint density at radius 1 is 1.56 bits per heavy atom. The molecule has 2 heterocycles. The second kappa shape index (κ2) is 6.71. The van der Waals surface area contributed by atoms with Crippen LogP contribution in [0.2, 0.25) is 10.0 Å². The Kier molecular flexibility index (Phi) is 5.25. The molecule has 1 saturated heterocycles. The van der Waals surface area contributed by atoms with Crippen molar-refractivity contribution in [1.29, 1.82) is 0 Å². The minimum Gasteiger partial charge on any atom is -0.381 e. The maximum atomic E-state index is 6.25. The Hall–Kier alpha value is -0.350. The Morgan fingerprint density at radius 3 is 3.00 bits per heavy atom. The maximum Gasteiger partial charge on any atom is 0.0763 e. The van der Waals surface area contributed by atoms with Gasteiger partial charge in [0.25, 0.3) is 0 Å². The van der Waals surface area contributed by atoms with Crippen LogP contribution in [-0.4, -0.2) is 24.7 Å². The summed E-state index contributed by atoms with van der Waals surface area (Å²) in [5.74, 6) is 0.433. The van der Waals surface area contributed by atoms with Gasteiger partial charge in [-0.05, 0) is 25.5 Å². The summed E-state index contributed by atoms with van der Waals surface area (Å²) >= 11 is 12.1. The van der Waals surface area contributed by atoms with Crippen molar-refractivity contribution in [3.8, 4) is 0 Å². The van der Waals surface area contributed by atoms with Crippen LogP contribution in [0.4, 0.5) is 0 Å².